The van der Waals surface area contributed by atoms with E-state index in [1.165, 1.54) is 0 Å². The first-order valence-corrected chi connectivity index (χ1v) is 8.41. The topological polar surface area (TPSA) is 62.2 Å². The van der Waals surface area contributed by atoms with Crippen LogP contribution in [0.5, 0.6) is 0 Å². The lowest BCUT2D eigenvalue weighted by Gasteiger charge is -2.25. The molecule has 2 aliphatic heterocycles. The predicted octanol–water partition coefficient (Wildman–Crippen LogP) is 1.87. The number of hydrogen-bond donors (Lipinski definition) is 0. The minimum absolute atomic E-state index is 0.194. The maximum absolute atomic E-state index is 12.5. The molecule has 0 saturated carbocycles. The van der Waals surface area contributed by atoms with Crippen LogP contribution < -0.4 is 4.90 Å². The molecular weight excluding hydrogens is 302 g/mol. The van der Waals surface area contributed by atoms with Crippen molar-refractivity contribution in [2.24, 2.45) is 0 Å². The summed E-state index contributed by atoms with van der Waals surface area (Å²) in [4.78, 5) is 21.3. The van der Waals surface area contributed by atoms with Crippen molar-refractivity contribution in [2.45, 2.75) is 45.3 Å². The molecule has 6 nitrogen and oxygen atoms in total. The Labute approximate surface area is 141 Å². The molecule has 1 amide bonds. The number of nitrogens with zero attached hydrogens (tertiary/aromatic N) is 5. The maximum atomic E-state index is 12.5. The van der Waals surface area contributed by atoms with Crippen LogP contribution in [0.3, 0.4) is 0 Å². The zero-order valence-electron chi connectivity index (χ0n) is 14.0. The summed E-state index contributed by atoms with van der Waals surface area (Å²) in [5.74, 6) is 1.08. The van der Waals surface area contributed by atoms with Gasteiger partial charge in [0.1, 0.15) is 0 Å². The number of carbonyl (C=O) groups is 1. The molecule has 0 spiro atoms. The number of aromatic nitrogens is 3. The molecule has 2 aromatic rings. The fourth-order valence-electron chi connectivity index (χ4n) is 3.83. The lowest BCUT2D eigenvalue weighted by Crippen LogP contribution is -2.37. The van der Waals surface area contributed by atoms with E-state index in [4.69, 9.17) is 0 Å². The molecular formula is C18H21N5O. The summed E-state index contributed by atoms with van der Waals surface area (Å²) in [5, 5.41) is 8.45. The monoisotopic (exact) mass is 323 g/mol. The van der Waals surface area contributed by atoms with E-state index < -0.39 is 0 Å². The van der Waals surface area contributed by atoms with Crippen LogP contribution in [0, 0.1) is 13.8 Å². The summed E-state index contributed by atoms with van der Waals surface area (Å²) >= 11 is 0. The molecule has 2 fully saturated rings. The minimum atomic E-state index is 0.194. The van der Waals surface area contributed by atoms with Crippen molar-refractivity contribution in [1.29, 1.82) is 0 Å². The Balaban J connectivity index is 1.54. The second-order valence-corrected chi connectivity index (χ2v) is 6.65. The van der Waals surface area contributed by atoms with Crippen LogP contribution in [0.4, 0.5) is 5.82 Å². The summed E-state index contributed by atoms with van der Waals surface area (Å²) in [6.45, 7) is 5.41. The van der Waals surface area contributed by atoms with Gasteiger partial charge in [-0.05, 0) is 44.5 Å². The number of likely N-dealkylation sites (tertiary alicyclic amines) is 1. The quantitative estimate of drug-likeness (QED) is 0.863. The molecule has 2 aliphatic rings. The number of fused-ring (bicyclic) bond motifs is 1. The molecule has 124 valence electrons. The zero-order chi connectivity index (χ0) is 16.7. The Kier molecular flexibility index (Phi) is 3.67. The first-order chi connectivity index (χ1) is 11.6. The van der Waals surface area contributed by atoms with E-state index in [1.807, 2.05) is 49.1 Å². The van der Waals surface area contributed by atoms with E-state index in [0.29, 0.717) is 13.0 Å². The standard InChI is InChI=1S/C18H21N5O/c1-12-4-3-5-14(19-12)11-23-15-8-9-22(16(15)10-18(23)24)17-7-6-13(2)20-21-17/h3-7,15-16H,8-11H2,1-2H3/t15-,16+/m1/s1. The summed E-state index contributed by atoms with van der Waals surface area (Å²) in [6.07, 6.45) is 1.52. The number of pyridine rings is 1. The summed E-state index contributed by atoms with van der Waals surface area (Å²) in [7, 11) is 0. The van der Waals surface area contributed by atoms with Gasteiger partial charge in [-0.1, -0.05) is 6.07 Å². The summed E-state index contributed by atoms with van der Waals surface area (Å²) in [5.41, 5.74) is 2.85. The molecule has 24 heavy (non-hydrogen) atoms. The van der Waals surface area contributed by atoms with Gasteiger partial charge in [-0.25, -0.2) is 0 Å². The van der Waals surface area contributed by atoms with E-state index in [9.17, 15) is 4.79 Å². The summed E-state index contributed by atoms with van der Waals surface area (Å²) in [6, 6.07) is 10.4. The highest BCUT2D eigenvalue weighted by atomic mass is 16.2. The molecule has 4 rings (SSSR count). The molecule has 0 unspecified atom stereocenters. The SMILES string of the molecule is Cc1ccc(N2CC[C@@H]3[C@@H]2CC(=O)N3Cc2cccc(C)n2)nn1. The number of hydrogen-bond acceptors (Lipinski definition) is 5. The van der Waals surface area contributed by atoms with Crippen molar-refractivity contribution in [1.82, 2.24) is 20.1 Å². The zero-order valence-corrected chi connectivity index (χ0v) is 14.0. The lowest BCUT2D eigenvalue weighted by atomic mass is 10.1. The molecule has 2 aromatic heterocycles. The van der Waals surface area contributed by atoms with Crippen molar-refractivity contribution in [2.75, 3.05) is 11.4 Å². The molecule has 2 saturated heterocycles. The van der Waals surface area contributed by atoms with E-state index in [2.05, 4.69) is 20.1 Å². The average Bonchev–Trinajstić information content (AvgIpc) is 3.09. The van der Waals surface area contributed by atoms with Crippen LogP contribution >= 0.6 is 0 Å². The molecule has 0 radical (unpaired) electrons. The highest BCUT2D eigenvalue weighted by Gasteiger charge is 2.47. The minimum Gasteiger partial charge on any atom is -0.349 e. The third kappa shape index (κ3) is 2.62. The molecule has 0 bridgehead atoms. The summed E-state index contributed by atoms with van der Waals surface area (Å²) < 4.78 is 0. The van der Waals surface area contributed by atoms with Crippen LogP contribution in [0.25, 0.3) is 0 Å². The molecule has 0 N–H and O–H groups in total. The van der Waals surface area contributed by atoms with Crippen molar-refractivity contribution < 1.29 is 4.79 Å². The van der Waals surface area contributed by atoms with Gasteiger partial charge in [-0.2, -0.15) is 5.10 Å². The fraction of sp³-hybridized carbons (Fsp3) is 0.444. The van der Waals surface area contributed by atoms with E-state index in [0.717, 1.165) is 35.9 Å². The Hall–Kier alpha value is -2.50. The smallest absolute Gasteiger partial charge is 0.225 e. The Morgan fingerprint density at radius 2 is 1.96 bits per heavy atom. The molecule has 4 heterocycles. The van der Waals surface area contributed by atoms with Gasteiger partial charge in [0.2, 0.25) is 5.91 Å². The maximum Gasteiger partial charge on any atom is 0.225 e. The van der Waals surface area contributed by atoms with Crippen LogP contribution in [0.1, 0.15) is 29.9 Å². The number of rotatable bonds is 3. The van der Waals surface area contributed by atoms with Crippen LogP contribution in [0.2, 0.25) is 0 Å². The van der Waals surface area contributed by atoms with E-state index in [1.54, 1.807) is 0 Å². The molecule has 2 atom stereocenters. The predicted molar refractivity (Wildman–Crippen MR) is 90.4 cm³/mol. The number of aryl methyl sites for hydroxylation is 2. The van der Waals surface area contributed by atoms with Gasteiger partial charge in [0.15, 0.2) is 5.82 Å². The second-order valence-electron chi connectivity index (χ2n) is 6.65. The lowest BCUT2D eigenvalue weighted by molar-refractivity contribution is -0.129. The second kappa shape index (κ2) is 5.85. The number of amides is 1. The number of anilines is 1. The first-order valence-electron chi connectivity index (χ1n) is 8.41. The van der Waals surface area contributed by atoms with E-state index >= 15 is 0 Å². The van der Waals surface area contributed by atoms with Crippen LogP contribution in [0.15, 0.2) is 30.3 Å². The van der Waals surface area contributed by atoms with Gasteiger partial charge in [-0.3, -0.25) is 9.78 Å². The largest absolute Gasteiger partial charge is 0.349 e. The van der Waals surface area contributed by atoms with Gasteiger partial charge in [0.05, 0.1) is 30.0 Å². The molecule has 0 aromatic carbocycles. The van der Waals surface area contributed by atoms with Gasteiger partial charge >= 0.3 is 0 Å². The Bertz CT molecular complexity index is 760. The fourth-order valence-corrected chi connectivity index (χ4v) is 3.83. The van der Waals surface area contributed by atoms with Crippen molar-refractivity contribution >= 4 is 11.7 Å². The third-order valence-electron chi connectivity index (χ3n) is 4.97. The van der Waals surface area contributed by atoms with Gasteiger partial charge < -0.3 is 9.80 Å². The first kappa shape index (κ1) is 15.1. The number of carbonyl (C=O) groups excluding carboxylic acids is 1. The molecule has 0 aliphatic carbocycles. The highest BCUT2D eigenvalue weighted by Crippen LogP contribution is 2.35. The van der Waals surface area contributed by atoms with Crippen molar-refractivity contribution in [3.63, 3.8) is 0 Å². The van der Waals surface area contributed by atoms with Crippen molar-refractivity contribution in [3.05, 3.63) is 47.4 Å². The molecule has 6 heteroatoms. The van der Waals surface area contributed by atoms with Gasteiger partial charge in [0, 0.05) is 18.7 Å². The van der Waals surface area contributed by atoms with Crippen LogP contribution in [-0.4, -0.2) is 44.6 Å². The van der Waals surface area contributed by atoms with E-state index in [-0.39, 0.29) is 18.0 Å². The van der Waals surface area contributed by atoms with Crippen LogP contribution in [-0.2, 0) is 11.3 Å². The highest BCUT2D eigenvalue weighted by molar-refractivity contribution is 5.81. The average molecular weight is 323 g/mol. The Morgan fingerprint density at radius 1 is 1.08 bits per heavy atom. The van der Waals surface area contributed by atoms with Gasteiger partial charge in [0.25, 0.3) is 0 Å². The van der Waals surface area contributed by atoms with Crippen molar-refractivity contribution in [3.8, 4) is 0 Å². The Morgan fingerprint density at radius 3 is 2.71 bits per heavy atom. The third-order valence-corrected chi connectivity index (χ3v) is 4.97. The van der Waals surface area contributed by atoms with Gasteiger partial charge in [-0.15, -0.1) is 5.10 Å². The normalized spacial score (nSPS) is 23.0.